The third-order valence-electron chi connectivity index (χ3n) is 4.33. The summed E-state index contributed by atoms with van der Waals surface area (Å²) in [5.41, 5.74) is 2.13. The highest BCUT2D eigenvalue weighted by molar-refractivity contribution is 6.31. The Hall–Kier alpha value is -0.580. The van der Waals surface area contributed by atoms with Crippen LogP contribution in [0.1, 0.15) is 38.6 Å². The van der Waals surface area contributed by atoms with E-state index in [4.69, 9.17) is 16.3 Å². The molecule has 1 saturated heterocycles. The highest BCUT2D eigenvalue weighted by Gasteiger charge is 2.32. The van der Waals surface area contributed by atoms with Crippen LogP contribution in [0.4, 0.5) is 0 Å². The van der Waals surface area contributed by atoms with E-state index >= 15 is 0 Å². The van der Waals surface area contributed by atoms with Gasteiger partial charge in [0.05, 0.1) is 22.5 Å². The molecule has 0 amide bonds. The van der Waals surface area contributed by atoms with E-state index in [1.165, 1.54) is 0 Å². The van der Waals surface area contributed by atoms with Crippen molar-refractivity contribution in [2.75, 3.05) is 13.2 Å². The van der Waals surface area contributed by atoms with Crippen LogP contribution in [-0.4, -0.2) is 35.1 Å². The Bertz CT molecular complexity index is 447. The number of nitrogens with one attached hydrogen (secondary N) is 1. The third-order valence-corrected chi connectivity index (χ3v) is 4.77. The fourth-order valence-corrected chi connectivity index (χ4v) is 3.53. The molecule has 1 N–H and O–H groups in total. The highest BCUT2D eigenvalue weighted by Crippen LogP contribution is 2.29. The smallest absolute Gasteiger partial charge is 0.0850 e. The highest BCUT2D eigenvalue weighted by atomic mass is 35.5. The lowest BCUT2D eigenvalue weighted by Gasteiger charge is -2.26. The molecule has 1 aromatic rings. The van der Waals surface area contributed by atoms with Crippen LogP contribution in [-0.2, 0) is 24.6 Å². The Morgan fingerprint density at radius 1 is 1.50 bits per heavy atom. The number of nitrogens with zero attached hydrogens (tertiary/aromatic N) is 2. The number of aromatic nitrogens is 2. The summed E-state index contributed by atoms with van der Waals surface area (Å²) in [7, 11) is 1.98. The predicted molar refractivity (Wildman–Crippen MR) is 82.3 cm³/mol. The summed E-state index contributed by atoms with van der Waals surface area (Å²) < 4.78 is 7.66. The minimum atomic E-state index is 0.316. The number of hydrogen-bond acceptors (Lipinski definition) is 3. The molecule has 2 rings (SSSR count). The fraction of sp³-hybridized carbons (Fsp3) is 0.800. The molecule has 1 aliphatic heterocycles. The molecule has 3 unspecified atom stereocenters. The van der Waals surface area contributed by atoms with E-state index in [0.717, 1.165) is 48.8 Å². The van der Waals surface area contributed by atoms with Crippen LogP contribution < -0.4 is 5.32 Å². The monoisotopic (exact) mass is 299 g/mol. The SMILES string of the molecule is CCNC(Cc1c(Cl)c(CC)nn1C)C1CCOC1C. The van der Waals surface area contributed by atoms with Gasteiger partial charge in [-0.1, -0.05) is 25.4 Å². The predicted octanol–water partition coefficient (Wildman–Crippen LogP) is 2.58. The second-order valence-electron chi connectivity index (χ2n) is 5.58. The summed E-state index contributed by atoms with van der Waals surface area (Å²) in [6.07, 6.45) is 3.22. The number of aryl methyl sites for hydroxylation is 2. The van der Waals surface area contributed by atoms with Gasteiger partial charge in [0, 0.05) is 32.0 Å². The number of hydrogen-bond donors (Lipinski definition) is 1. The quantitative estimate of drug-likeness (QED) is 0.877. The van der Waals surface area contributed by atoms with Gasteiger partial charge in [-0.3, -0.25) is 4.68 Å². The van der Waals surface area contributed by atoms with E-state index in [1.54, 1.807) is 0 Å². The molecule has 0 saturated carbocycles. The molecule has 2 heterocycles. The third kappa shape index (κ3) is 3.18. The van der Waals surface area contributed by atoms with Crippen LogP contribution in [0.2, 0.25) is 5.02 Å². The van der Waals surface area contributed by atoms with Crippen molar-refractivity contribution in [3.63, 3.8) is 0 Å². The molecule has 0 aliphatic carbocycles. The Labute approximate surface area is 126 Å². The topological polar surface area (TPSA) is 39.1 Å². The number of ether oxygens (including phenoxy) is 1. The van der Waals surface area contributed by atoms with Gasteiger partial charge in [0.25, 0.3) is 0 Å². The van der Waals surface area contributed by atoms with Crippen molar-refractivity contribution in [1.82, 2.24) is 15.1 Å². The lowest BCUT2D eigenvalue weighted by Crippen LogP contribution is -2.41. The minimum Gasteiger partial charge on any atom is -0.378 e. The number of rotatable bonds is 6. The largest absolute Gasteiger partial charge is 0.378 e. The molecule has 1 fully saturated rings. The van der Waals surface area contributed by atoms with Crippen LogP contribution in [0.3, 0.4) is 0 Å². The fourth-order valence-electron chi connectivity index (χ4n) is 3.16. The van der Waals surface area contributed by atoms with Gasteiger partial charge in [-0.2, -0.15) is 5.10 Å². The first-order chi connectivity index (χ1) is 9.58. The van der Waals surface area contributed by atoms with Crippen molar-refractivity contribution >= 4 is 11.6 Å². The number of likely N-dealkylation sites (N-methyl/N-ethyl adjacent to an activating group) is 1. The maximum Gasteiger partial charge on any atom is 0.0850 e. The summed E-state index contributed by atoms with van der Waals surface area (Å²) in [5, 5.41) is 8.96. The molecule has 3 atom stereocenters. The van der Waals surface area contributed by atoms with Gasteiger partial charge in [0.2, 0.25) is 0 Å². The van der Waals surface area contributed by atoms with Crippen molar-refractivity contribution in [3.8, 4) is 0 Å². The van der Waals surface area contributed by atoms with Crippen LogP contribution in [0.25, 0.3) is 0 Å². The molecule has 0 aromatic carbocycles. The molecule has 114 valence electrons. The van der Waals surface area contributed by atoms with Gasteiger partial charge in [0.1, 0.15) is 0 Å². The molecule has 20 heavy (non-hydrogen) atoms. The van der Waals surface area contributed by atoms with Crippen molar-refractivity contribution in [2.45, 2.75) is 52.2 Å². The zero-order valence-electron chi connectivity index (χ0n) is 12.9. The normalized spacial score (nSPS) is 24.2. The van der Waals surface area contributed by atoms with Gasteiger partial charge in [-0.25, -0.2) is 0 Å². The van der Waals surface area contributed by atoms with Crippen LogP contribution in [0, 0.1) is 5.92 Å². The first kappa shape index (κ1) is 15.8. The van der Waals surface area contributed by atoms with Gasteiger partial charge in [0.15, 0.2) is 0 Å². The first-order valence-electron chi connectivity index (χ1n) is 7.63. The van der Waals surface area contributed by atoms with Crippen molar-refractivity contribution < 1.29 is 4.74 Å². The molecule has 0 spiro atoms. The average molecular weight is 300 g/mol. The molecule has 4 nitrogen and oxygen atoms in total. The second kappa shape index (κ2) is 6.92. The summed E-state index contributed by atoms with van der Waals surface area (Å²) in [6.45, 7) is 8.24. The number of halogens is 1. The minimum absolute atomic E-state index is 0.316. The standard InChI is InChI=1S/C15H26ClN3O/c1-5-12-15(16)14(19(4)18-12)9-13(17-6-2)11-7-8-20-10(11)3/h10-11,13,17H,5-9H2,1-4H3. The molecular weight excluding hydrogens is 274 g/mol. The van der Waals surface area contributed by atoms with E-state index in [9.17, 15) is 0 Å². The molecule has 1 aliphatic rings. The Balaban J connectivity index is 2.17. The second-order valence-corrected chi connectivity index (χ2v) is 5.96. The van der Waals surface area contributed by atoms with E-state index in [2.05, 4.69) is 31.2 Å². The van der Waals surface area contributed by atoms with E-state index in [0.29, 0.717) is 18.1 Å². The molecule has 0 radical (unpaired) electrons. The van der Waals surface area contributed by atoms with Crippen LogP contribution in [0.15, 0.2) is 0 Å². The van der Waals surface area contributed by atoms with Gasteiger partial charge in [-0.05, 0) is 26.3 Å². The van der Waals surface area contributed by atoms with Gasteiger partial charge in [-0.15, -0.1) is 0 Å². The lowest BCUT2D eigenvalue weighted by molar-refractivity contribution is 0.0953. The zero-order valence-corrected chi connectivity index (χ0v) is 13.7. The average Bonchev–Trinajstić information content (AvgIpc) is 2.96. The lowest BCUT2D eigenvalue weighted by atomic mass is 9.90. The molecule has 0 bridgehead atoms. The van der Waals surface area contributed by atoms with E-state index < -0.39 is 0 Å². The van der Waals surface area contributed by atoms with Gasteiger partial charge < -0.3 is 10.1 Å². The van der Waals surface area contributed by atoms with Gasteiger partial charge >= 0.3 is 0 Å². The molecule has 1 aromatic heterocycles. The zero-order chi connectivity index (χ0) is 14.7. The Kier molecular flexibility index (Phi) is 5.47. The van der Waals surface area contributed by atoms with E-state index in [1.807, 2.05) is 11.7 Å². The van der Waals surface area contributed by atoms with Crippen LogP contribution in [0.5, 0.6) is 0 Å². The van der Waals surface area contributed by atoms with Crippen molar-refractivity contribution in [1.29, 1.82) is 0 Å². The van der Waals surface area contributed by atoms with E-state index in [-0.39, 0.29) is 0 Å². The van der Waals surface area contributed by atoms with Crippen LogP contribution >= 0.6 is 11.6 Å². The Morgan fingerprint density at radius 3 is 2.75 bits per heavy atom. The van der Waals surface area contributed by atoms with Crippen molar-refractivity contribution in [3.05, 3.63) is 16.4 Å². The molecular formula is C15H26ClN3O. The Morgan fingerprint density at radius 2 is 2.25 bits per heavy atom. The van der Waals surface area contributed by atoms with Crippen molar-refractivity contribution in [2.24, 2.45) is 13.0 Å². The summed E-state index contributed by atoms with van der Waals surface area (Å²) >= 11 is 6.47. The summed E-state index contributed by atoms with van der Waals surface area (Å²) in [6, 6.07) is 0.398. The molecule has 5 heteroatoms. The first-order valence-corrected chi connectivity index (χ1v) is 8.01. The maximum atomic E-state index is 6.47. The summed E-state index contributed by atoms with van der Waals surface area (Å²) in [4.78, 5) is 0. The summed E-state index contributed by atoms with van der Waals surface area (Å²) in [5.74, 6) is 0.547. The maximum absolute atomic E-state index is 6.47.